The van der Waals surface area contributed by atoms with E-state index in [-0.39, 0.29) is 12.4 Å². The maximum absolute atomic E-state index is 10.9. The average molecular weight is 237 g/mol. The third-order valence-electron chi connectivity index (χ3n) is 1.25. The van der Waals surface area contributed by atoms with Crippen molar-refractivity contribution < 1.29 is 19.1 Å². The highest BCUT2D eigenvalue weighted by molar-refractivity contribution is 5.91. The van der Waals surface area contributed by atoms with Gasteiger partial charge in [0.25, 0.3) is 0 Å². The fraction of sp³-hybridized carbons (Fsp3) is 0.600. The normalized spacial score (nSPS) is 9.47. The molecule has 15 heavy (non-hydrogen) atoms. The van der Waals surface area contributed by atoms with E-state index in [0.717, 1.165) is 25.0 Å². The second kappa shape index (κ2) is 11.0. The summed E-state index contributed by atoms with van der Waals surface area (Å²) in [6.45, 7) is 4.53. The highest BCUT2D eigenvalue weighted by Gasteiger charge is 1.99. The molecule has 0 amide bonds. The molecule has 5 heteroatoms. The van der Waals surface area contributed by atoms with Gasteiger partial charge in [-0.15, -0.1) is 12.4 Å². The zero-order valence-electron chi connectivity index (χ0n) is 9.02. The SMILES string of the molecule is CCCOC(=O)/C=C/C(=O)OCCC.Cl. The third-order valence-corrected chi connectivity index (χ3v) is 1.25. The van der Waals surface area contributed by atoms with Crippen LogP contribution in [0.2, 0.25) is 0 Å². The third kappa shape index (κ3) is 10.9. The molecule has 0 N–H and O–H groups in total. The summed E-state index contributed by atoms with van der Waals surface area (Å²) in [5.41, 5.74) is 0. The zero-order chi connectivity index (χ0) is 10.8. The summed E-state index contributed by atoms with van der Waals surface area (Å²) in [5, 5.41) is 0. The van der Waals surface area contributed by atoms with E-state index < -0.39 is 11.9 Å². The molecule has 0 rings (SSSR count). The molecule has 0 unspecified atom stereocenters. The van der Waals surface area contributed by atoms with Crippen molar-refractivity contribution in [2.24, 2.45) is 0 Å². The lowest BCUT2D eigenvalue weighted by atomic mass is 10.5. The van der Waals surface area contributed by atoms with Crippen molar-refractivity contribution in [3.63, 3.8) is 0 Å². The first-order chi connectivity index (χ1) is 6.70. The fourth-order valence-corrected chi connectivity index (χ4v) is 0.638. The predicted molar refractivity (Wildman–Crippen MR) is 58.9 cm³/mol. The molecule has 0 aliphatic heterocycles. The van der Waals surface area contributed by atoms with Gasteiger partial charge < -0.3 is 9.47 Å². The Kier molecular flexibility index (Phi) is 12.1. The van der Waals surface area contributed by atoms with Crippen LogP contribution in [0.5, 0.6) is 0 Å². The molecule has 0 radical (unpaired) electrons. The van der Waals surface area contributed by atoms with Crippen LogP contribution in [0.1, 0.15) is 26.7 Å². The van der Waals surface area contributed by atoms with E-state index >= 15 is 0 Å². The van der Waals surface area contributed by atoms with E-state index in [9.17, 15) is 9.59 Å². The summed E-state index contributed by atoms with van der Waals surface area (Å²) < 4.78 is 9.43. The number of hydrogen-bond donors (Lipinski definition) is 0. The van der Waals surface area contributed by atoms with E-state index in [1.165, 1.54) is 0 Å². The predicted octanol–water partition coefficient (Wildman–Crippen LogP) is 1.87. The van der Waals surface area contributed by atoms with Gasteiger partial charge in [-0.2, -0.15) is 0 Å². The van der Waals surface area contributed by atoms with Gasteiger partial charge in [-0.1, -0.05) is 13.8 Å². The Labute approximate surface area is 96.0 Å². The molecule has 88 valence electrons. The lowest BCUT2D eigenvalue weighted by Crippen LogP contribution is -2.05. The maximum atomic E-state index is 10.9. The van der Waals surface area contributed by atoms with Crippen LogP contribution in [-0.2, 0) is 19.1 Å². The number of halogens is 1. The molecule has 0 aliphatic carbocycles. The van der Waals surface area contributed by atoms with Gasteiger partial charge in [0, 0.05) is 12.2 Å². The van der Waals surface area contributed by atoms with Crippen LogP contribution >= 0.6 is 12.4 Å². The number of rotatable bonds is 6. The van der Waals surface area contributed by atoms with Gasteiger partial charge in [0.2, 0.25) is 0 Å². The first-order valence-corrected chi connectivity index (χ1v) is 4.72. The van der Waals surface area contributed by atoms with Crippen LogP contribution in [0.4, 0.5) is 0 Å². The molecule has 0 atom stereocenters. The lowest BCUT2D eigenvalue weighted by Gasteiger charge is -1.98. The summed E-state index contributed by atoms with van der Waals surface area (Å²) in [4.78, 5) is 21.7. The van der Waals surface area contributed by atoms with Crippen molar-refractivity contribution in [3.05, 3.63) is 12.2 Å². The van der Waals surface area contributed by atoms with Crippen molar-refractivity contribution in [2.45, 2.75) is 26.7 Å². The summed E-state index contributed by atoms with van der Waals surface area (Å²) in [5.74, 6) is -1.03. The number of ether oxygens (including phenoxy) is 2. The molecule has 0 saturated heterocycles. The van der Waals surface area contributed by atoms with Crippen molar-refractivity contribution in [2.75, 3.05) is 13.2 Å². The van der Waals surface area contributed by atoms with Crippen molar-refractivity contribution in [3.8, 4) is 0 Å². The molecule has 0 saturated carbocycles. The van der Waals surface area contributed by atoms with Crippen molar-refractivity contribution >= 4 is 24.3 Å². The first-order valence-electron chi connectivity index (χ1n) is 4.72. The lowest BCUT2D eigenvalue weighted by molar-refractivity contribution is -0.140. The van der Waals surface area contributed by atoms with Gasteiger partial charge in [0.1, 0.15) is 0 Å². The Morgan fingerprint density at radius 2 is 1.27 bits per heavy atom. The van der Waals surface area contributed by atoms with Crippen molar-refractivity contribution in [1.29, 1.82) is 0 Å². The quantitative estimate of drug-likeness (QED) is 0.522. The molecule has 0 aliphatic rings. The van der Waals surface area contributed by atoms with Gasteiger partial charge in [-0.3, -0.25) is 0 Å². The summed E-state index contributed by atoms with van der Waals surface area (Å²) >= 11 is 0. The molecule has 0 heterocycles. The minimum Gasteiger partial charge on any atom is -0.463 e. The summed E-state index contributed by atoms with van der Waals surface area (Å²) in [7, 11) is 0. The Morgan fingerprint density at radius 1 is 0.933 bits per heavy atom. The number of esters is 2. The molecular weight excluding hydrogens is 220 g/mol. The highest BCUT2D eigenvalue weighted by Crippen LogP contribution is 1.88. The van der Waals surface area contributed by atoms with E-state index in [4.69, 9.17) is 9.47 Å². The second-order valence-corrected chi connectivity index (χ2v) is 2.67. The first kappa shape index (κ1) is 16.4. The number of carbonyl (C=O) groups excluding carboxylic acids is 2. The minimum absolute atomic E-state index is 0. The van der Waals surface area contributed by atoms with Gasteiger partial charge in [-0.25, -0.2) is 9.59 Å². The summed E-state index contributed by atoms with van der Waals surface area (Å²) in [6.07, 6.45) is 3.68. The van der Waals surface area contributed by atoms with E-state index in [2.05, 4.69) is 0 Å². The zero-order valence-corrected chi connectivity index (χ0v) is 9.84. The summed E-state index contributed by atoms with van der Waals surface area (Å²) in [6, 6.07) is 0. The van der Waals surface area contributed by atoms with Crippen LogP contribution in [-0.4, -0.2) is 25.2 Å². The van der Waals surface area contributed by atoms with Crippen LogP contribution in [0, 0.1) is 0 Å². The second-order valence-electron chi connectivity index (χ2n) is 2.67. The molecule has 0 spiro atoms. The topological polar surface area (TPSA) is 52.6 Å². The highest BCUT2D eigenvalue weighted by atomic mass is 35.5. The van der Waals surface area contributed by atoms with Gasteiger partial charge in [-0.05, 0) is 12.8 Å². The van der Waals surface area contributed by atoms with Crippen LogP contribution in [0.3, 0.4) is 0 Å². The molecule has 0 aromatic carbocycles. The monoisotopic (exact) mass is 236 g/mol. The van der Waals surface area contributed by atoms with E-state index in [1.807, 2.05) is 13.8 Å². The van der Waals surface area contributed by atoms with Crippen LogP contribution in [0.15, 0.2) is 12.2 Å². The van der Waals surface area contributed by atoms with Gasteiger partial charge in [0.15, 0.2) is 0 Å². The largest absolute Gasteiger partial charge is 0.463 e. The molecule has 0 bridgehead atoms. The Hall–Kier alpha value is -1.03. The van der Waals surface area contributed by atoms with Crippen LogP contribution in [0.25, 0.3) is 0 Å². The molecular formula is C10H17ClO4. The smallest absolute Gasteiger partial charge is 0.331 e. The fourth-order valence-electron chi connectivity index (χ4n) is 0.638. The Morgan fingerprint density at radius 3 is 1.53 bits per heavy atom. The van der Waals surface area contributed by atoms with Crippen molar-refractivity contribution in [1.82, 2.24) is 0 Å². The van der Waals surface area contributed by atoms with Gasteiger partial charge in [0.05, 0.1) is 13.2 Å². The molecule has 0 aromatic heterocycles. The molecule has 0 fully saturated rings. The van der Waals surface area contributed by atoms with Crippen LogP contribution < -0.4 is 0 Å². The number of carbonyl (C=O) groups is 2. The van der Waals surface area contributed by atoms with E-state index in [0.29, 0.717) is 13.2 Å². The minimum atomic E-state index is -0.514. The Bertz CT molecular complexity index is 191. The standard InChI is InChI=1S/C10H16O4.ClH/c1-3-7-13-9(11)5-6-10(12)14-8-4-2;/h5-6H,3-4,7-8H2,1-2H3;1H/b6-5+;. The maximum Gasteiger partial charge on any atom is 0.331 e. The van der Waals surface area contributed by atoms with Gasteiger partial charge >= 0.3 is 11.9 Å². The molecule has 4 nitrogen and oxygen atoms in total. The Balaban J connectivity index is 0. The number of hydrogen-bond acceptors (Lipinski definition) is 4. The van der Waals surface area contributed by atoms with E-state index in [1.54, 1.807) is 0 Å². The molecule has 0 aromatic rings. The average Bonchev–Trinajstić information content (AvgIpc) is 2.20.